The maximum absolute atomic E-state index is 12.5. The number of hydrogen-bond acceptors (Lipinski definition) is 4. The molecule has 3 rings (SSSR count). The molecule has 3 aromatic carbocycles. The van der Waals surface area contributed by atoms with E-state index in [4.69, 9.17) is 17.0 Å². The van der Waals surface area contributed by atoms with E-state index in [1.807, 2.05) is 37.3 Å². The van der Waals surface area contributed by atoms with Gasteiger partial charge in [0.15, 0.2) is 5.11 Å². The van der Waals surface area contributed by atoms with Gasteiger partial charge in [-0.15, -0.1) is 0 Å². The molecule has 1 unspecified atom stereocenters. The highest BCUT2D eigenvalue weighted by Gasteiger charge is 2.10. The molecule has 2 amide bonds. The fourth-order valence-corrected chi connectivity index (χ4v) is 3.21. The van der Waals surface area contributed by atoms with Crippen LogP contribution in [0.5, 0.6) is 5.75 Å². The molecule has 0 aliphatic carbocycles. The second-order valence-electron chi connectivity index (χ2n) is 7.56. The summed E-state index contributed by atoms with van der Waals surface area (Å²) in [6.45, 7) is 4.04. The summed E-state index contributed by atoms with van der Waals surface area (Å²) in [6, 6.07) is 23.6. The van der Waals surface area contributed by atoms with E-state index < -0.39 is 0 Å². The van der Waals surface area contributed by atoms with Gasteiger partial charge in [-0.2, -0.15) is 0 Å². The van der Waals surface area contributed by atoms with Crippen LogP contribution in [0.2, 0.25) is 0 Å². The number of anilines is 2. The number of amides is 2. The van der Waals surface area contributed by atoms with Crippen LogP contribution >= 0.6 is 12.2 Å². The van der Waals surface area contributed by atoms with Gasteiger partial charge in [0, 0.05) is 16.9 Å². The molecule has 0 fully saturated rings. The van der Waals surface area contributed by atoms with Crippen LogP contribution in [0.15, 0.2) is 78.9 Å². The summed E-state index contributed by atoms with van der Waals surface area (Å²) in [5, 5.41) is 8.67. The molecule has 0 saturated heterocycles. The standard InChI is InChI=1S/C26H27N3O3S/c1-3-18(2)32-23-14-12-20(13-15-23)25(31)29-26(33)28-22-11-7-10-21(17-22)27-24(30)16-19-8-5-4-6-9-19/h4-15,17-18H,3,16H2,1-2H3,(H,27,30)(H2,28,29,31,33). The zero-order valence-corrected chi connectivity index (χ0v) is 19.4. The molecule has 0 aliphatic heterocycles. The molecule has 0 aliphatic rings. The van der Waals surface area contributed by atoms with Gasteiger partial charge in [0.25, 0.3) is 5.91 Å². The molecule has 170 valence electrons. The van der Waals surface area contributed by atoms with E-state index in [2.05, 4.69) is 22.9 Å². The van der Waals surface area contributed by atoms with Crippen LogP contribution in [0.4, 0.5) is 11.4 Å². The van der Waals surface area contributed by atoms with E-state index in [-0.39, 0.29) is 29.5 Å². The van der Waals surface area contributed by atoms with Crippen molar-refractivity contribution in [3.05, 3.63) is 90.0 Å². The first-order chi connectivity index (χ1) is 15.9. The van der Waals surface area contributed by atoms with Gasteiger partial charge in [0.2, 0.25) is 5.91 Å². The SMILES string of the molecule is CCC(C)Oc1ccc(C(=O)NC(=S)Nc2cccc(NC(=O)Cc3ccccc3)c2)cc1. The highest BCUT2D eigenvalue weighted by molar-refractivity contribution is 7.80. The Hall–Kier alpha value is -3.71. The van der Waals surface area contributed by atoms with Crippen molar-refractivity contribution in [1.29, 1.82) is 0 Å². The molecule has 0 aromatic heterocycles. The lowest BCUT2D eigenvalue weighted by Gasteiger charge is -2.13. The number of carbonyl (C=O) groups excluding carboxylic acids is 2. The van der Waals surface area contributed by atoms with E-state index >= 15 is 0 Å². The zero-order chi connectivity index (χ0) is 23.6. The van der Waals surface area contributed by atoms with Crippen molar-refractivity contribution in [3.63, 3.8) is 0 Å². The van der Waals surface area contributed by atoms with Gasteiger partial charge in [-0.25, -0.2) is 0 Å². The summed E-state index contributed by atoms with van der Waals surface area (Å²) in [5.41, 5.74) is 2.69. The normalized spacial score (nSPS) is 11.2. The minimum absolute atomic E-state index is 0.111. The highest BCUT2D eigenvalue weighted by Crippen LogP contribution is 2.17. The molecule has 0 saturated carbocycles. The molecule has 1 atom stereocenters. The van der Waals surface area contributed by atoms with Crippen LogP contribution in [0.3, 0.4) is 0 Å². The molecular formula is C26H27N3O3S. The lowest BCUT2D eigenvalue weighted by atomic mass is 10.1. The van der Waals surface area contributed by atoms with Crippen molar-refractivity contribution < 1.29 is 14.3 Å². The van der Waals surface area contributed by atoms with E-state index in [0.29, 0.717) is 22.7 Å². The van der Waals surface area contributed by atoms with Crippen LogP contribution in [0.25, 0.3) is 0 Å². The number of thiocarbonyl (C=S) groups is 1. The number of hydrogen-bond donors (Lipinski definition) is 3. The Morgan fingerprint density at radius 1 is 0.909 bits per heavy atom. The third-order valence-corrected chi connectivity index (χ3v) is 5.07. The Morgan fingerprint density at radius 3 is 2.24 bits per heavy atom. The van der Waals surface area contributed by atoms with Gasteiger partial charge in [0.1, 0.15) is 5.75 Å². The van der Waals surface area contributed by atoms with E-state index in [9.17, 15) is 9.59 Å². The third kappa shape index (κ3) is 7.73. The van der Waals surface area contributed by atoms with Crippen LogP contribution in [-0.4, -0.2) is 23.0 Å². The Morgan fingerprint density at radius 2 is 1.58 bits per heavy atom. The second-order valence-corrected chi connectivity index (χ2v) is 7.97. The van der Waals surface area contributed by atoms with Crippen molar-refractivity contribution in [3.8, 4) is 5.75 Å². The smallest absolute Gasteiger partial charge is 0.257 e. The fourth-order valence-electron chi connectivity index (χ4n) is 3.00. The summed E-state index contributed by atoms with van der Waals surface area (Å²) >= 11 is 5.27. The summed E-state index contributed by atoms with van der Waals surface area (Å²) in [7, 11) is 0. The van der Waals surface area contributed by atoms with Gasteiger partial charge < -0.3 is 15.4 Å². The first-order valence-corrected chi connectivity index (χ1v) is 11.2. The first-order valence-electron chi connectivity index (χ1n) is 10.8. The van der Waals surface area contributed by atoms with E-state index in [1.165, 1.54) is 0 Å². The molecule has 0 heterocycles. The first kappa shape index (κ1) is 23.9. The summed E-state index contributed by atoms with van der Waals surface area (Å²) < 4.78 is 5.73. The number of carbonyl (C=O) groups is 2. The van der Waals surface area contributed by atoms with Gasteiger partial charge in [-0.05, 0) is 73.6 Å². The van der Waals surface area contributed by atoms with Crippen molar-refractivity contribution in [2.24, 2.45) is 0 Å². The molecule has 0 radical (unpaired) electrons. The third-order valence-electron chi connectivity index (χ3n) is 4.87. The monoisotopic (exact) mass is 461 g/mol. The number of ether oxygens (including phenoxy) is 1. The van der Waals surface area contributed by atoms with Gasteiger partial charge in [-0.1, -0.05) is 43.3 Å². The molecular weight excluding hydrogens is 434 g/mol. The van der Waals surface area contributed by atoms with Crippen LogP contribution < -0.4 is 20.7 Å². The predicted octanol–water partition coefficient (Wildman–Crippen LogP) is 5.17. The second kappa shape index (κ2) is 11.8. The Kier molecular flexibility index (Phi) is 8.55. The number of benzene rings is 3. The summed E-state index contributed by atoms with van der Waals surface area (Å²) in [5.74, 6) is 0.276. The Balaban J connectivity index is 1.52. The van der Waals surface area contributed by atoms with Crippen molar-refractivity contribution in [1.82, 2.24) is 5.32 Å². The van der Waals surface area contributed by atoms with Crippen LogP contribution in [-0.2, 0) is 11.2 Å². The lowest BCUT2D eigenvalue weighted by molar-refractivity contribution is -0.115. The largest absolute Gasteiger partial charge is 0.491 e. The zero-order valence-electron chi connectivity index (χ0n) is 18.6. The molecule has 33 heavy (non-hydrogen) atoms. The molecule has 0 spiro atoms. The Labute approximate surface area is 199 Å². The van der Waals surface area contributed by atoms with Crippen LogP contribution in [0, 0.1) is 0 Å². The van der Waals surface area contributed by atoms with Crippen molar-refractivity contribution in [2.75, 3.05) is 10.6 Å². The lowest BCUT2D eigenvalue weighted by Crippen LogP contribution is -2.34. The molecule has 7 heteroatoms. The molecule has 6 nitrogen and oxygen atoms in total. The quantitative estimate of drug-likeness (QED) is 0.403. The molecule has 0 bridgehead atoms. The van der Waals surface area contributed by atoms with Gasteiger partial charge >= 0.3 is 0 Å². The summed E-state index contributed by atoms with van der Waals surface area (Å²) in [4.78, 5) is 24.8. The maximum atomic E-state index is 12.5. The van der Waals surface area contributed by atoms with Gasteiger partial charge in [0.05, 0.1) is 12.5 Å². The van der Waals surface area contributed by atoms with Crippen LogP contribution in [0.1, 0.15) is 36.2 Å². The molecule has 3 N–H and O–H groups in total. The Bertz CT molecular complexity index is 1100. The fraction of sp³-hybridized carbons (Fsp3) is 0.192. The number of nitrogens with one attached hydrogen (secondary N) is 3. The predicted molar refractivity (Wildman–Crippen MR) is 136 cm³/mol. The van der Waals surface area contributed by atoms with Gasteiger partial charge in [-0.3, -0.25) is 14.9 Å². The topological polar surface area (TPSA) is 79.5 Å². The minimum atomic E-state index is -0.324. The number of rotatable bonds is 8. The average molecular weight is 462 g/mol. The van der Waals surface area contributed by atoms with Crippen molar-refractivity contribution in [2.45, 2.75) is 32.8 Å². The molecule has 3 aromatic rings. The van der Waals surface area contributed by atoms with Crippen molar-refractivity contribution >= 4 is 40.5 Å². The van der Waals surface area contributed by atoms with E-state index in [0.717, 1.165) is 12.0 Å². The maximum Gasteiger partial charge on any atom is 0.257 e. The minimum Gasteiger partial charge on any atom is -0.491 e. The average Bonchev–Trinajstić information content (AvgIpc) is 2.80. The van der Waals surface area contributed by atoms with E-state index in [1.54, 1.807) is 48.5 Å². The summed E-state index contributed by atoms with van der Waals surface area (Å²) in [6.07, 6.45) is 1.30. The highest BCUT2D eigenvalue weighted by atomic mass is 32.1.